The first-order valence-electron chi connectivity index (χ1n) is 5.63. The van der Waals surface area contributed by atoms with Gasteiger partial charge < -0.3 is 10.4 Å². The highest BCUT2D eigenvalue weighted by Gasteiger charge is 2.10. The second kappa shape index (κ2) is 5.76. The lowest BCUT2D eigenvalue weighted by Crippen LogP contribution is -2.26. The molecule has 0 fully saturated rings. The third-order valence-electron chi connectivity index (χ3n) is 2.58. The van der Waals surface area contributed by atoms with Gasteiger partial charge in [-0.1, -0.05) is 18.2 Å². The van der Waals surface area contributed by atoms with Gasteiger partial charge in [-0.05, 0) is 18.1 Å². The number of carboxylic acid groups (broad SMARTS) is 1. The molecule has 19 heavy (non-hydrogen) atoms. The highest BCUT2D eigenvalue weighted by atomic mass is 16.4. The van der Waals surface area contributed by atoms with Crippen molar-refractivity contribution in [2.75, 3.05) is 6.54 Å². The van der Waals surface area contributed by atoms with Crippen molar-refractivity contribution in [1.82, 2.24) is 20.7 Å². The Kier molecular flexibility index (Phi) is 3.87. The van der Waals surface area contributed by atoms with Gasteiger partial charge >= 0.3 is 5.97 Å². The molecule has 0 unspecified atom stereocenters. The van der Waals surface area contributed by atoms with Crippen molar-refractivity contribution in [3.05, 3.63) is 47.3 Å². The van der Waals surface area contributed by atoms with Crippen LogP contribution in [0.2, 0.25) is 0 Å². The number of carboxylic acids is 1. The number of nitrogens with one attached hydrogen (secondary N) is 2. The molecule has 0 atom stereocenters. The van der Waals surface area contributed by atoms with Crippen molar-refractivity contribution in [2.45, 2.75) is 6.42 Å². The van der Waals surface area contributed by atoms with E-state index in [2.05, 4.69) is 20.7 Å². The first-order valence-corrected chi connectivity index (χ1v) is 5.63. The normalized spacial score (nSPS) is 10.1. The molecule has 3 N–H and O–H groups in total. The molecule has 2 aromatic rings. The fraction of sp³-hybridized carbons (Fsp3) is 0.167. The van der Waals surface area contributed by atoms with Crippen LogP contribution in [-0.2, 0) is 6.42 Å². The van der Waals surface area contributed by atoms with Gasteiger partial charge in [-0.2, -0.15) is 15.4 Å². The summed E-state index contributed by atoms with van der Waals surface area (Å²) >= 11 is 0. The third-order valence-corrected chi connectivity index (χ3v) is 2.58. The zero-order valence-electron chi connectivity index (χ0n) is 9.96. The molecule has 2 rings (SSSR count). The molecule has 0 aliphatic carbocycles. The number of nitrogens with zero attached hydrogens (tertiary/aromatic N) is 2. The fourth-order valence-electron chi connectivity index (χ4n) is 1.66. The van der Waals surface area contributed by atoms with E-state index in [0.717, 1.165) is 0 Å². The summed E-state index contributed by atoms with van der Waals surface area (Å²) in [6, 6.07) is 6.70. The van der Waals surface area contributed by atoms with Crippen LogP contribution in [0.25, 0.3) is 0 Å². The molecule has 1 amide bonds. The number of carbonyl (C=O) groups excluding carboxylic acids is 1. The van der Waals surface area contributed by atoms with Gasteiger partial charge in [0.25, 0.3) is 5.91 Å². The van der Waals surface area contributed by atoms with E-state index < -0.39 is 5.97 Å². The Bertz CT molecular complexity index is 580. The number of hydrogen-bond donors (Lipinski definition) is 3. The molecule has 0 spiro atoms. The van der Waals surface area contributed by atoms with E-state index >= 15 is 0 Å². The second-order valence-electron chi connectivity index (χ2n) is 3.82. The van der Waals surface area contributed by atoms with Gasteiger partial charge in [-0.25, -0.2) is 4.79 Å². The minimum atomic E-state index is -0.974. The molecule has 0 radical (unpaired) electrons. The minimum absolute atomic E-state index is 0.200. The Hall–Kier alpha value is -2.70. The SMILES string of the molecule is O=C(NCCc1ccccc1C(=O)O)c1cn[nH]n1. The van der Waals surface area contributed by atoms with Gasteiger partial charge in [0.1, 0.15) is 0 Å². The summed E-state index contributed by atoms with van der Waals surface area (Å²) in [5.74, 6) is -1.32. The molecule has 7 nitrogen and oxygen atoms in total. The van der Waals surface area contributed by atoms with Crippen molar-refractivity contribution >= 4 is 11.9 Å². The quantitative estimate of drug-likeness (QED) is 0.724. The van der Waals surface area contributed by atoms with Crippen LogP contribution in [0.3, 0.4) is 0 Å². The van der Waals surface area contributed by atoms with Crippen LogP contribution in [0, 0.1) is 0 Å². The molecule has 0 aliphatic rings. The number of hydrogen-bond acceptors (Lipinski definition) is 4. The highest BCUT2D eigenvalue weighted by Crippen LogP contribution is 2.09. The van der Waals surface area contributed by atoms with Crippen LogP contribution >= 0.6 is 0 Å². The monoisotopic (exact) mass is 260 g/mol. The van der Waals surface area contributed by atoms with Crippen molar-refractivity contribution in [3.63, 3.8) is 0 Å². The van der Waals surface area contributed by atoms with E-state index in [9.17, 15) is 9.59 Å². The molecule has 0 saturated heterocycles. The largest absolute Gasteiger partial charge is 0.478 e. The van der Waals surface area contributed by atoms with Gasteiger partial charge in [0.2, 0.25) is 0 Å². The van der Waals surface area contributed by atoms with E-state index in [4.69, 9.17) is 5.11 Å². The Labute approximate surface area is 108 Å². The lowest BCUT2D eigenvalue weighted by atomic mass is 10.0. The third kappa shape index (κ3) is 3.15. The maximum absolute atomic E-state index is 11.6. The summed E-state index contributed by atoms with van der Waals surface area (Å²) in [6.45, 7) is 0.329. The Morgan fingerprint density at radius 2 is 2.11 bits per heavy atom. The number of aromatic amines is 1. The van der Waals surface area contributed by atoms with Gasteiger partial charge in [0, 0.05) is 6.54 Å². The zero-order valence-corrected chi connectivity index (χ0v) is 9.96. The van der Waals surface area contributed by atoms with Crippen LogP contribution in [0.1, 0.15) is 26.4 Å². The molecular formula is C12H12N4O3. The van der Waals surface area contributed by atoms with Crippen LogP contribution in [-0.4, -0.2) is 38.9 Å². The number of H-pyrrole nitrogens is 1. The van der Waals surface area contributed by atoms with Crippen molar-refractivity contribution < 1.29 is 14.7 Å². The summed E-state index contributed by atoms with van der Waals surface area (Å²) in [7, 11) is 0. The zero-order chi connectivity index (χ0) is 13.7. The summed E-state index contributed by atoms with van der Waals surface area (Å²) < 4.78 is 0. The summed E-state index contributed by atoms with van der Waals surface area (Å²) in [4.78, 5) is 22.6. The molecule has 7 heteroatoms. The number of benzene rings is 1. The van der Waals surface area contributed by atoms with Crippen LogP contribution in [0.5, 0.6) is 0 Å². The first kappa shape index (κ1) is 12.7. The van der Waals surface area contributed by atoms with Gasteiger partial charge in [0.15, 0.2) is 5.69 Å². The first-order chi connectivity index (χ1) is 9.18. The topological polar surface area (TPSA) is 108 Å². The van der Waals surface area contributed by atoms with Crippen molar-refractivity contribution in [3.8, 4) is 0 Å². The Balaban J connectivity index is 1.93. The minimum Gasteiger partial charge on any atom is -0.478 e. The molecule has 0 bridgehead atoms. The maximum atomic E-state index is 11.6. The molecule has 1 heterocycles. The number of amides is 1. The van der Waals surface area contributed by atoms with Crippen molar-refractivity contribution in [2.24, 2.45) is 0 Å². The van der Waals surface area contributed by atoms with Gasteiger partial charge in [-0.15, -0.1) is 0 Å². The number of rotatable bonds is 5. The standard InChI is InChI=1S/C12H12N4O3/c17-11(10-7-14-16-15-10)13-6-5-8-3-1-2-4-9(8)12(18)19/h1-4,7H,5-6H2,(H,13,17)(H,18,19)(H,14,15,16). The van der Waals surface area contributed by atoms with E-state index in [-0.39, 0.29) is 17.2 Å². The number of carbonyl (C=O) groups is 2. The van der Waals surface area contributed by atoms with E-state index in [1.54, 1.807) is 18.2 Å². The summed E-state index contributed by atoms with van der Waals surface area (Å²) in [5.41, 5.74) is 1.13. The summed E-state index contributed by atoms with van der Waals surface area (Å²) in [5, 5.41) is 21.2. The van der Waals surface area contributed by atoms with E-state index in [0.29, 0.717) is 18.5 Å². The number of aromatic carboxylic acids is 1. The molecule has 1 aromatic carbocycles. The average Bonchev–Trinajstić information content (AvgIpc) is 2.93. The summed E-state index contributed by atoms with van der Waals surface area (Å²) in [6.07, 6.45) is 1.76. The molecule has 0 saturated carbocycles. The van der Waals surface area contributed by atoms with Crippen LogP contribution in [0.4, 0.5) is 0 Å². The molecule has 0 aliphatic heterocycles. The molecule has 98 valence electrons. The average molecular weight is 260 g/mol. The fourth-order valence-corrected chi connectivity index (χ4v) is 1.66. The smallest absolute Gasteiger partial charge is 0.335 e. The van der Waals surface area contributed by atoms with E-state index in [1.165, 1.54) is 12.3 Å². The lowest BCUT2D eigenvalue weighted by molar-refractivity contribution is 0.0695. The predicted molar refractivity (Wildman–Crippen MR) is 65.8 cm³/mol. The Morgan fingerprint density at radius 1 is 1.32 bits per heavy atom. The molecular weight excluding hydrogens is 248 g/mol. The van der Waals surface area contributed by atoms with Crippen molar-refractivity contribution in [1.29, 1.82) is 0 Å². The van der Waals surface area contributed by atoms with Crippen LogP contribution in [0.15, 0.2) is 30.5 Å². The second-order valence-corrected chi connectivity index (χ2v) is 3.82. The highest BCUT2D eigenvalue weighted by molar-refractivity contribution is 5.92. The Morgan fingerprint density at radius 3 is 2.79 bits per heavy atom. The van der Waals surface area contributed by atoms with E-state index in [1.807, 2.05) is 0 Å². The van der Waals surface area contributed by atoms with Gasteiger partial charge in [0.05, 0.1) is 11.8 Å². The molecule has 1 aromatic heterocycles. The van der Waals surface area contributed by atoms with Gasteiger partial charge in [-0.3, -0.25) is 4.79 Å². The maximum Gasteiger partial charge on any atom is 0.335 e. The predicted octanol–water partition coefficient (Wildman–Crippen LogP) is 0.475. The lowest BCUT2D eigenvalue weighted by Gasteiger charge is -2.06. The van der Waals surface area contributed by atoms with Crippen LogP contribution < -0.4 is 5.32 Å². The number of aromatic nitrogens is 3.